The van der Waals surface area contributed by atoms with Crippen molar-refractivity contribution < 1.29 is 41.8 Å². The molecule has 1 saturated heterocycles. The maximum absolute atomic E-state index is 12.6. The number of hydrogen-bond donors (Lipinski definition) is 0. The third kappa shape index (κ3) is 7.60. The van der Waals surface area contributed by atoms with Crippen molar-refractivity contribution >= 4 is 28.6 Å². The lowest BCUT2D eigenvalue weighted by Gasteiger charge is -2.20. The Bertz CT molecular complexity index is 1240. The fraction of sp³-hybridized carbons (Fsp3) is 0.222. The van der Waals surface area contributed by atoms with E-state index in [0.717, 1.165) is 29.5 Å². The van der Waals surface area contributed by atoms with Gasteiger partial charge in [0.25, 0.3) is 0 Å². The van der Waals surface area contributed by atoms with Gasteiger partial charge in [-0.05, 0) is 53.9 Å². The predicted molar refractivity (Wildman–Crippen MR) is 129 cm³/mol. The minimum atomic E-state index is -4.82. The summed E-state index contributed by atoms with van der Waals surface area (Å²) in [4.78, 5) is 36.0. The van der Waals surface area contributed by atoms with E-state index in [1.54, 1.807) is 54.6 Å². The number of hydrogen-bond acceptors (Lipinski definition) is 7. The number of ketones is 1. The number of benzene rings is 3. The summed E-state index contributed by atoms with van der Waals surface area (Å²) in [5, 5.41) is -0.505. The fourth-order valence-electron chi connectivity index (χ4n) is 3.64. The van der Waals surface area contributed by atoms with Crippen molar-refractivity contribution in [2.45, 2.75) is 30.6 Å². The van der Waals surface area contributed by atoms with Crippen molar-refractivity contribution in [3.63, 3.8) is 0 Å². The van der Waals surface area contributed by atoms with Crippen LogP contribution in [0.15, 0.2) is 78.9 Å². The highest BCUT2D eigenvalue weighted by molar-refractivity contribution is 8.15. The van der Waals surface area contributed by atoms with Crippen LogP contribution in [0.2, 0.25) is 0 Å². The number of esters is 1. The van der Waals surface area contributed by atoms with E-state index >= 15 is 0 Å². The molecular formula is C27H21F3O6S. The number of halogens is 3. The van der Waals surface area contributed by atoms with Crippen LogP contribution >= 0.6 is 11.8 Å². The Morgan fingerprint density at radius 1 is 0.919 bits per heavy atom. The zero-order valence-electron chi connectivity index (χ0n) is 19.3. The van der Waals surface area contributed by atoms with Gasteiger partial charge in [0.05, 0.1) is 17.2 Å². The van der Waals surface area contributed by atoms with Crippen LogP contribution < -0.4 is 9.47 Å². The molecule has 10 heteroatoms. The predicted octanol–water partition coefficient (Wildman–Crippen LogP) is 5.71. The van der Waals surface area contributed by atoms with Crippen LogP contribution in [0.4, 0.5) is 13.2 Å². The van der Waals surface area contributed by atoms with Crippen LogP contribution in [0, 0.1) is 0 Å². The average molecular weight is 531 g/mol. The molecular weight excluding hydrogens is 509 g/mol. The topological polar surface area (TPSA) is 78.9 Å². The molecule has 0 spiro atoms. The number of rotatable bonds is 9. The van der Waals surface area contributed by atoms with E-state index < -0.39 is 24.2 Å². The van der Waals surface area contributed by atoms with Gasteiger partial charge in [0.1, 0.15) is 18.1 Å². The second-order valence-corrected chi connectivity index (χ2v) is 9.42. The molecule has 0 aliphatic carbocycles. The molecule has 0 amide bonds. The van der Waals surface area contributed by atoms with Gasteiger partial charge in [0, 0.05) is 0 Å². The Labute approximate surface area is 214 Å². The number of carbonyl (C=O) groups is 3. The minimum Gasteiger partial charge on any atom is -0.489 e. The van der Waals surface area contributed by atoms with Gasteiger partial charge in [-0.1, -0.05) is 54.2 Å². The van der Waals surface area contributed by atoms with Gasteiger partial charge in [0.15, 0.2) is 17.0 Å². The lowest BCUT2D eigenvalue weighted by Crippen LogP contribution is -2.19. The second kappa shape index (κ2) is 11.5. The number of carbonyl (C=O) groups excluding carboxylic acids is 3. The lowest BCUT2D eigenvalue weighted by atomic mass is 10.1. The van der Waals surface area contributed by atoms with Crippen molar-refractivity contribution in [2.24, 2.45) is 0 Å². The van der Waals surface area contributed by atoms with E-state index in [-0.39, 0.29) is 29.2 Å². The van der Waals surface area contributed by atoms with Crippen LogP contribution in [-0.2, 0) is 20.7 Å². The molecule has 1 aliphatic rings. The minimum absolute atomic E-state index is 0.0388. The lowest BCUT2D eigenvalue weighted by molar-refractivity contribution is -0.274. The first-order valence-corrected chi connectivity index (χ1v) is 12.1. The van der Waals surface area contributed by atoms with Gasteiger partial charge in [-0.15, -0.1) is 13.2 Å². The van der Waals surface area contributed by atoms with E-state index in [1.165, 1.54) is 12.1 Å². The average Bonchev–Trinajstić information content (AvgIpc) is 3.18. The van der Waals surface area contributed by atoms with Gasteiger partial charge < -0.3 is 14.2 Å². The Balaban J connectivity index is 1.44. The standard InChI is InChI=1S/C27H21F3O6S/c28-27(29,30)36-21-12-8-18(9-13-21)23(35-26(33)19-4-2-1-3-5-19)16-34-20-10-6-17(7-11-20)14-24-22(31)15-25(32)37-24/h1-13,23-24H,14-16H2/t23-,24?/m0/s1. The highest BCUT2D eigenvalue weighted by atomic mass is 32.2. The molecule has 4 rings (SSSR count). The molecule has 0 radical (unpaired) electrons. The first-order chi connectivity index (χ1) is 17.7. The normalized spacial score (nSPS) is 16.4. The number of alkyl halides is 3. The van der Waals surface area contributed by atoms with Crippen LogP contribution in [-0.4, -0.2) is 35.1 Å². The number of ether oxygens (including phenoxy) is 3. The van der Waals surface area contributed by atoms with E-state index in [0.29, 0.717) is 23.3 Å². The van der Waals surface area contributed by atoms with Crippen molar-refractivity contribution in [1.82, 2.24) is 0 Å². The number of Topliss-reactive ketones (excluding diaryl/α,β-unsaturated/α-hetero) is 1. The van der Waals surface area contributed by atoms with Gasteiger partial charge >= 0.3 is 12.3 Å². The molecule has 2 atom stereocenters. The third-order valence-electron chi connectivity index (χ3n) is 5.44. The molecule has 6 nitrogen and oxygen atoms in total. The Morgan fingerprint density at radius 2 is 1.57 bits per heavy atom. The van der Waals surface area contributed by atoms with Gasteiger partial charge in [-0.2, -0.15) is 0 Å². The largest absolute Gasteiger partial charge is 0.573 e. The molecule has 37 heavy (non-hydrogen) atoms. The molecule has 1 fully saturated rings. The Hall–Kier alpha value is -3.79. The first-order valence-electron chi connectivity index (χ1n) is 11.2. The third-order valence-corrected chi connectivity index (χ3v) is 6.56. The molecule has 0 aromatic heterocycles. The van der Waals surface area contributed by atoms with Gasteiger partial charge in [0.2, 0.25) is 0 Å². The van der Waals surface area contributed by atoms with Crippen molar-refractivity contribution in [3.8, 4) is 11.5 Å². The zero-order valence-corrected chi connectivity index (χ0v) is 20.1. The summed E-state index contributed by atoms with van der Waals surface area (Å²) >= 11 is 1.05. The molecule has 0 N–H and O–H groups in total. The summed E-state index contributed by atoms with van der Waals surface area (Å²) in [5.74, 6) is -0.636. The van der Waals surface area contributed by atoms with E-state index in [2.05, 4.69) is 4.74 Å². The van der Waals surface area contributed by atoms with Crippen molar-refractivity contribution in [2.75, 3.05) is 6.61 Å². The van der Waals surface area contributed by atoms with E-state index in [4.69, 9.17) is 9.47 Å². The van der Waals surface area contributed by atoms with E-state index in [9.17, 15) is 27.6 Å². The summed E-state index contributed by atoms with van der Waals surface area (Å²) in [6.45, 7) is -0.108. The molecule has 0 saturated carbocycles. The zero-order chi connectivity index (χ0) is 26.4. The second-order valence-electron chi connectivity index (χ2n) is 8.16. The van der Waals surface area contributed by atoms with Crippen molar-refractivity contribution in [1.29, 1.82) is 0 Å². The number of thioether (sulfide) groups is 1. The van der Waals surface area contributed by atoms with E-state index in [1.807, 2.05) is 0 Å². The van der Waals surface area contributed by atoms with Crippen molar-refractivity contribution in [3.05, 3.63) is 95.6 Å². The molecule has 0 bridgehead atoms. The van der Waals surface area contributed by atoms with Crippen LogP contribution in [0.3, 0.4) is 0 Å². The first kappa shape index (κ1) is 26.3. The molecule has 1 aliphatic heterocycles. The summed E-state index contributed by atoms with van der Waals surface area (Å²) in [7, 11) is 0. The molecule has 3 aromatic carbocycles. The maximum atomic E-state index is 12.6. The van der Waals surface area contributed by atoms with Gasteiger partial charge in [-0.25, -0.2) is 4.79 Å². The van der Waals surface area contributed by atoms with Crippen LogP contribution in [0.1, 0.15) is 34.0 Å². The van der Waals surface area contributed by atoms with Gasteiger partial charge in [-0.3, -0.25) is 9.59 Å². The Kier molecular flexibility index (Phi) is 8.17. The smallest absolute Gasteiger partial charge is 0.489 e. The molecule has 1 heterocycles. The SMILES string of the molecule is O=C1CC(=O)C(Cc2ccc(OC[C@H](OC(=O)c3ccccc3)c3ccc(OC(F)(F)F)cc3)cc2)S1. The highest BCUT2D eigenvalue weighted by Crippen LogP contribution is 2.29. The molecule has 1 unspecified atom stereocenters. The summed E-state index contributed by atoms with van der Waals surface area (Å²) in [6, 6.07) is 20.2. The maximum Gasteiger partial charge on any atom is 0.573 e. The highest BCUT2D eigenvalue weighted by Gasteiger charge is 2.32. The fourth-order valence-corrected chi connectivity index (χ4v) is 4.67. The van der Waals surface area contributed by atoms with Crippen LogP contribution in [0.5, 0.6) is 11.5 Å². The molecule has 3 aromatic rings. The Morgan fingerprint density at radius 3 is 2.16 bits per heavy atom. The van der Waals surface area contributed by atoms with Crippen LogP contribution in [0.25, 0.3) is 0 Å². The summed E-state index contributed by atoms with van der Waals surface area (Å²) < 4.78 is 52.9. The molecule has 192 valence electrons. The summed E-state index contributed by atoms with van der Waals surface area (Å²) in [6.07, 6.45) is -5.36. The summed E-state index contributed by atoms with van der Waals surface area (Å²) in [5.41, 5.74) is 1.59. The quantitative estimate of drug-likeness (QED) is 0.259. The monoisotopic (exact) mass is 530 g/mol.